The minimum atomic E-state index is -1.32. The predicted octanol–water partition coefficient (Wildman–Crippen LogP) is 4.84. The van der Waals surface area contributed by atoms with Gasteiger partial charge in [0.15, 0.2) is 11.0 Å². The second kappa shape index (κ2) is 10.5. The summed E-state index contributed by atoms with van der Waals surface area (Å²) in [6.07, 6.45) is 5.31. The van der Waals surface area contributed by atoms with Crippen molar-refractivity contribution in [2.24, 2.45) is 11.3 Å². The van der Waals surface area contributed by atoms with Crippen molar-refractivity contribution in [2.45, 2.75) is 88.3 Å². The van der Waals surface area contributed by atoms with Crippen molar-refractivity contribution in [3.05, 3.63) is 57.6 Å². The van der Waals surface area contributed by atoms with Gasteiger partial charge in [-0.05, 0) is 80.2 Å². The average Bonchev–Trinajstić information content (AvgIpc) is 3.37. The smallest absolute Gasteiger partial charge is 0.238 e. The molecule has 1 aromatic carbocycles. The lowest BCUT2D eigenvalue weighted by Gasteiger charge is -2.50. The Labute approximate surface area is 254 Å². The number of aromatic nitrogens is 1. The molecule has 2 saturated carbocycles. The monoisotopic (exact) mass is 615 g/mol. The summed E-state index contributed by atoms with van der Waals surface area (Å²) in [4.78, 5) is 44.9. The van der Waals surface area contributed by atoms with Crippen LogP contribution in [0, 0.1) is 17.2 Å². The van der Waals surface area contributed by atoms with Crippen molar-refractivity contribution in [3.8, 4) is 0 Å². The molecule has 42 heavy (non-hydrogen) atoms. The summed E-state index contributed by atoms with van der Waals surface area (Å²) in [5.41, 5.74) is -0.696. The standard InChI is InChI=1S/C31H36Cl2FN5O3/c1-4-35-26(40)16-13-18(14-16)37-27(41)24-22(19-7-12-36-25(33)23(19)34)31(30(39-24)10-8-29(2,3)9-11-30)20-6-5-17(32)15-21(20)38-28(31)42/h5-7,12,15-16,18,22,24,39H,4,8-11,13-14H2,1-3H3,(H,35,40)(H,37,41)(H,38,42)/t16?,18?,22-,24+,31+/m0/s1. The fraction of sp³-hybridized carbons (Fsp3) is 0.548. The third kappa shape index (κ3) is 4.42. The molecule has 11 heteroatoms. The molecular formula is C31H36Cl2FN5O3. The number of anilines is 1. The molecule has 1 saturated heterocycles. The number of hydrogen-bond donors (Lipinski definition) is 4. The van der Waals surface area contributed by atoms with Gasteiger partial charge in [-0.3, -0.25) is 19.7 Å². The van der Waals surface area contributed by atoms with Gasteiger partial charge in [-0.15, -0.1) is 0 Å². The van der Waals surface area contributed by atoms with Gasteiger partial charge >= 0.3 is 0 Å². The van der Waals surface area contributed by atoms with Crippen LogP contribution in [-0.4, -0.2) is 46.9 Å². The van der Waals surface area contributed by atoms with Gasteiger partial charge in [0.25, 0.3) is 0 Å². The predicted molar refractivity (Wildman–Crippen MR) is 159 cm³/mol. The molecule has 2 spiro atoms. The Kier molecular flexibility index (Phi) is 7.30. The zero-order chi connectivity index (χ0) is 30.0. The third-order valence-electron chi connectivity index (χ3n) is 10.2. The molecule has 0 bridgehead atoms. The van der Waals surface area contributed by atoms with Crippen LogP contribution in [0.15, 0.2) is 30.5 Å². The van der Waals surface area contributed by atoms with E-state index in [1.807, 2.05) is 13.0 Å². The van der Waals surface area contributed by atoms with Crippen molar-refractivity contribution >= 4 is 46.6 Å². The van der Waals surface area contributed by atoms with E-state index in [1.54, 1.807) is 12.1 Å². The van der Waals surface area contributed by atoms with E-state index in [0.29, 0.717) is 48.5 Å². The van der Waals surface area contributed by atoms with Crippen LogP contribution < -0.4 is 21.3 Å². The second-order valence-electron chi connectivity index (χ2n) is 13.1. The number of nitrogens with one attached hydrogen (secondary N) is 4. The number of fused-ring (bicyclic) bond motifs is 3. The van der Waals surface area contributed by atoms with Crippen LogP contribution in [0.4, 0.5) is 10.1 Å². The zero-order valence-electron chi connectivity index (χ0n) is 24.0. The Balaban J connectivity index is 1.47. The molecule has 8 nitrogen and oxygen atoms in total. The largest absolute Gasteiger partial charge is 0.356 e. The molecule has 0 unspecified atom stereocenters. The van der Waals surface area contributed by atoms with Crippen molar-refractivity contribution in [3.63, 3.8) is 0 Å². The Bertz CT molecular complexity index is 1450. The number of carbonyl (C=O) groups excluding carboxylic acids is 3. The summed E-state index contributed by atoms with van der Waals surface area (Å²) in [5.74, 6) is -2.47. The fourth-order valence-electron chi connectivity index (χ4n) is 7.89. The van der Waals surface area contributed by atoms with Crippen LogP contribution in [0.5, 0.6) is 0 Å². The SMILES string of the molecule is CCNC(=O)C1CC(NC(=O)[C@@H]2NC3(CCC(C)(C)CC3)[C@@]3(C(=O)Nc4cc(Cl)ccc43)[C@H]2c2ccnc(Cl)c2F)C1. The molecule has 4 aliphatic rings. The van der Waals surface area contributed by atoms with Gasteiger partial charge in [0, 0.05) is 46.9 Å². The summed E-state index contributed by atoms with van der Waals surface area (Å²) in [6.45, 7) is 6.83. The van der Waals surface area contributed by atoms with Crippen LogP contribution in [0.3, 0.4) is 0 Å². The first-order valence-electron chi connectivity index (χ1n) is 14.7. The van der Waals surface area contributed by atoms with E-state index >= 15 is 4.39 Å². The topological polar surface area (TPSA) is 112 Å². The molecule has 4 N–H and O–H groups in total. The second-order valence-corrected chi connectivity index (χ2v) is 13.9. The van der Waals surface area contributed by atoms with E-state index < -0.39 is 28.7 Å². The van der Waals surface area contributed by atoms with Gasteiger partial charge in [-0.2, -0.15) is 0 Å². The number of halogens is 3. The maximum atomic E-state index is 16.0. The number of carbonyl (C=O) groups is 3. The Hall–Kier alpha value is -2.75. The van der Waals surface area contributed by atoms with E-state index in [-0.39, 0.29) is 45.8 Å². The van der Waals surface area contributed by atoms with Gasteiger partial charge in [-0.1, -0.05) is 43.1 Å². The molecule has 2 aliphatic heterocycles. The molecule has 0 radical (unpaired) electrons. The number of amides is 3. The summed E-state index contributed by atoms with van der Waals surface area (Å²) in [5, 5.41) is 12.8. The first kappa shape index (κ1) is 29.3. The zero-order valence-corrected chi connectivity index (χ0v) is 25.5. The van der Waals surface area contributed by atoms with E-state index in [0.717, 1.165) is 12.8 Å². The highest BCUT2D eigenvalue weighted by Crippen LogP contribution is 2.64. The van der Waals surface area contributed by atoms with Crippen molar-refractivity contribution in [1.29, 1.82) is 0 Å². The summed E-state index contributed by atoms with van der Waals surface area (Å²) >= 11 is 12.6. The maximum Gasteiger partial charge on any atom is 0.238 e. The summed E-state index contributed by atoms with van der Waals surface area (Å²) in [7, 11) is 0. The molecule has 2 aliphatic carbocycles. The fourth-order valence-corrected chi connectivity index (χ4v) is 8.22. The van der Waals surface area contributed by atoms with Gasteiger partial charge in [0.1, 0.15) is 5.41 Å². The highest BCUT2D eigenvalue weighted by molar-refractivity contribution is 6.31. The number of pyridine rings is 1. The van der Waals surface area contributed by atoms with Crippen molar-refractivity contribution < 1.29 is 18.8 Å². The lowest BCUT2D eigenvalue weighted by atomic mass is 9.53. The lowest BCUT2D eigenvalue weighted by Crippen LogP contribution is -2.61. The molecule has 1 aromatic heterocycles. The number of rotatable bonds is 5. The number of benzene rings is 1. The van der Waals surface area contributed by atoms with Crippen molar-refractivity contribution in [1.82, 2.24) is 20.9 Å². The van der Waals surface area contributed by atoms with Gasteiger partial charge in [-0.25, -0.2) is 9.37 Å². The molecule has 6 rings (SSSR count). The van der Waals surface area contributed by atoms with E-state index in [1.165, 1.54) is 12.3 Å². The van der Waals surface area contributed by atoms with E-state index in [9.17, 15) is 14.4 Å². The van der Waals surface area contributed by atoms with E-state index in [2.05, 4.69) is 40.1 Å². The Morgan fingerprint density at radius 2 is 1.81 bits per heavy atom. The first-order chi connectivity index (χ1) is 19.9. The van der Waals surface area contributed by atoms with Crippen molar-refractivity contribution in [2.75, 3.05) is 11.9 Å². The normalized spacial score (nSPS) is 30.5. The lowest BCUT2D eigenvalue weighted by molar-refractivity contribution is -0.131. The molecule has 2 aromatic rings. The maximum absolute atomic E-state index is 16.0. The summed E-state index contributed by atoms with van der Waals surface area (Å²) < 4.78 is 16.0. The van der Waals surface area contributed by atoms with E-state index in [4.69, 9.17) is 23.2 Å². The van der Waals surface area contributed by atoms with Crippen LogP contribution in [-0.2, 0) is 19.8 Å². The third-order valence-corrected chi connectivity index (χ3v) is 10.7. The molecular weight excluding hydrogens is 580 g/mol. The quantitative estimate of drug-likeness (QED) is 0.360. The highest BCUT2D eigenvalue weighted by Gasteiger charge is 2.73. The van der Waals surface area contributed by atoms with Crippen LogP contribution in [0.2, 0.25) is 10.2 Å². The molecule has 3 amide bonds. The number of nitrogens with zero attached hydrogens (tertiary/aromatic N) is 1. The molecule has 3 heterocycles. The first-order valence-corrected chi connectivity index (χ1v) is 15.5. The van der Waals surface area contributed by atoms with Crippen LogP contribution >= 0.6 is 23.2 Å². The number of hydrogen-bond acceptors (Lipinski definition) is 5. The minimum Gasteiger partial charge on any atom is -0.356 e. The Morgan fingerprint density at radius 3 is 2.50 bits per heavy atom. The molecule has 3 fully saturated rings. The van der Waals surface area contributed by atoms with Gasteiger partial charge in [0.2, 0.25) is 17.7 Å². The molecule has 3 atom stereocenters. The highest BCUT2D eigenvalue weighted by atomic mass is 35.5. The minimum absolute atomic E-state index is 0.0195. The van der Waals surface area contributed by atoms with Gasteiger partial charge in [0.05, 0.1) is 6.04 Å². The molecule has 224 valence electrons. The average molecular weight is 617 g/mol. The summed E-state index contributed by atoms with van der Waals surface area (Å²) in [6, 6.07) is 5.65. The van der Waals surface area contributed by atoms with Crippen LogP contribution in [0.25, 0.3) is 0 Å². The Morgan fingerprint density at radius 1 is 1.10 bits per heavy atom. The van der Waals surface area contributed by atoms with Gasteiger partial charge < -0.3 is 16.0 Å². The van der Waals surface area contributed by atoms with Crippen LogP contribution in [0.1, 0.15) is 76.3 Å².